The molecule has 20 heavy (non-hydrogen) atoms. The number of fused-ring (bicyclic) bond motifs is 1. The first-order valence-electron chi connectivity index (χ1n) is 6.32. The second kappa shape index (κ2) is 5.15. The lowest BCUT2D eigenvalue weighted by atomic mass is 9.92. The number of hydroxylamine groups is 1. The van der Waals surface area contributed by atoms with Crippen LogP contribution in [0.2, 0.25) is 0 Å². The molecule has 3 rings (SSSR count). The number of carbonyl (C=O) groups is 1. The third-order valence-corrected chi connectivity index (χ3v) is 3.20. The van der Waals surface area contributed by atoms with E-state index in [0.29, 0.717) is 11.3 Å². The van der Waals surface area contributed by atoms with E-state index in [-0.39, 0.29) is 5.78 Å². The van der Waals surface area contributed by atoms with Crippen LogP contribution >= 0.6 is 0 Å². The maximum atomic E-state index is 12.0. The van der Waals surface area contributed by atoms with Crippen LogP contribution in [0.4, 0.5) is 5.69 Å². The molecule has 0 atom stereocenters. The summed E-state index contributed by atoms with van der Waals surface area (Å²) in [7, 11) is 0. The zero-order chi connectivity index (χ0) is 13.9. The van der Waals surface area contributed by atoms with Crippen molar-refractivity contribution in [3.05, 3.63) is 78.0 Å². The van der Waals surface area contributed by atoms with Crippen molar-refractivity contribution < 1.29 is 10.0 Å². The predicted octanol–water partition coefficient (Wildman–Crippen LogP) is 3.52. The molecule has 98 valence electrons. The van der Waals surface area contributed by atoms with E-state index in [4.69, 9.17) is 0 Å². The summed E-state index contributed by atoms with van der Waals surface area (Å²) < 4.78 is 0. The van der Waals surface area contributed by atoms with Gasteiger partial charge < -0.3 is 0 Å². The van der Waals surface area contributed by atoms with Gasteiger partial charge in [-0.1, -0.05) is 48.5 Å². The highest BCUT2D eigenvalue weighted by atomic mass is 16.5. The molecule has 0 heterocycles. The number of hydrogen-bond donors (Lipinski definition) is 1. The zero-order valence-electron chi connectivity index (χ0n) is 10.7. The van der Waals surface area contributed by atoms with Crippen molar-refractivity contribution >= 4 is 23.1 Å². The van der Waals surface area contributed by atoms with Crippen molar-refractivity contribution in [2.24, 2.45) is 0 Å². The van der Waals surface area contributed by atoms with Gasteiger partial charge >= 0.3 is 0 Å². The quantitative estimate of drug-likeness (QED) is 0.665. The first-order chi connectivity index (χ1) is 9.75. The van der Waals surface area contributed by atoms with Gasteiger partial charge in [-0.3, -0.25) is 10.0 Å². The van der Waals surface area contributed by atoms with E-state index in [1.165, 1.54) is 12.3 Å². The Balaban J connectivity index is 2.03. The molecule has 0 amide bonds. The minimum absolute atomic E-state index is 0.112. The normalized spacial score (nSPS) is 15.2. The van der Waals surface area contributed by atoms with Crippen LogP contribution in [0.25, 0.3) is 11.6 Å². The Bertz CT molecular complexity index is 702. The summed E-state index contributed by atoms with van der Waals surface area (Å²) in [6.07, 6.45) is 4.77. The minimum atomic E-state index is -0.112. The molecule has 0 aromatic heterocycles. The molecule has 0 saturated heterocycles. The second-order valence-electron chi connectivity index (χ2n) is 4.51. The van der Waals surface area contributed by atoms with Gasteiger partial charge in [0.05, 0.1) is 5.69 Å². The molecule has 0 saturated carbocycles. The topological polar surface area (TPSA) is 40.5 Å². The summed E-state index contributed by atoms with van der Waals surface area (Å²) in [5, 5.41) is 11.1. The Hall–Kier alpha value is -2.65. The van der Waals surface area contributed by atoms with Gasteiger partial charge in [-0.25, -0.2) is 5.06 Å². The van der Waals surface area contributed by atoms with Crippen LogP contribution in [0.15, 0.2) is 66.9 Å². The fourth-order valence-electron chi connectivity index (χ4n) is 2.19. The standard InChI is InChI=1S/C17H13NO2/c19-17-11-10-13-6-4-5-9-15(13)16(17)12-18(20)14-7-2-1-3-8-14/h1-12,20H/b16-12+. The molecular weight excluding hydrogens is 250 g/mol. The third kappa shape index (κ3) is 2.27. The monoisotopic (exact) mass is 263 g/mol. The number of hydrogen-bond acceptors (Lipinski definition) is 3. The number of carbonyl (C=O) groups excluding carboxylic acids is 1. The van der Waals surface area contributed by atoms with Crippen molar-refractivity contribution in [2.75, 3.05) is 5.06 Å². The van der Waals surface area contributed by atoms with Crippen LogP contribution in [0.1, 0.15) is 11.1 Å². The first kappa shape index (κ1) is 12.4. The van der Waals surface area contributed by atoms with Gasteiger partial charge in [0.15, 0.2) is 5.78 Å². The van der Waals surface area contributed by atoms with Crippen LogP contribution < -0.4 is 5.06 Å². The number of benzene rings is 2. The Morgan fingerprint density at radius 2 is 1.60 bits per heavy atom. The number of para-hydroxylation sites is 1. The van der Waals surface area contributed by atoms with Crippen LogP contribution in [0.3, 0.4) is 0 Å². The van der Waals surface area contributed by atoms with Crippen molar-refractivity contribution in [1.82, 2.24) is 0 Å². The lowest BCUT2D eigenvalue weighted by Gasteiger charge is -2.17. The highest BCUT2D eigenvalue weighted by Crippen LogP contribution is 2.27. The van der Waals surface area contributed by atoms with E-state index in [1.54, 1.807) is 18.2 Å². The van der Waals surface area contributed by atoms with Gasteiger partial charge in [0.2, 0.25) is 0 Å². The molecule has 2 aromatic carbocycles. The van der Waals surface area contributed by atoms with Crippen LogP contribution in [-0.2, 0) is 4.79 Å². The molecule has 3 heteroatoms. The first-order valence-corrected chi connectivity index (χ1v) is 6.32. The lowest BCUT2D eigenvalue weighted by Crippen LogP contribution is -2.14. The van der Waals surface area contributed by atoms with E-state index < -0.39 is 0 Å². The largest absolute Gasteiger partial charge is 0.289 e. The molecular formula is C17H13NO2. The average Bonchev–Trinajstić information content (AvgIpc) is 2.51. The summed E-state index contributed by atoms with van der Waals surface area (Å²) in [4.78, 5) is 12.0. The maximum absolute atomic E-state index is 12.0. The summed E-state index contributed by atoms with van der Waals surface area (Å²) in [5.41, 5.74) is 2.89. The van der Waals surface area contributed by atoms with Crippen LogP contribution in [0.5, 0.6) is 0 Å². The van der Waals surface area contributed by atoms with E-state index >= 15 is 0 Å². The number of ketones is 1. The van der Waals surface area contributed by atoms with Gasteiger partial charge in [0, 0.05) is 11.8 Å². The molecule has 0 spiro atoms. The molecule has 2 aromatic rings. The Morgan fingerprint density at radius 3 is 2.40 bits per heavy atom. The average molecular weight is 263 g/mol. The van der Waals surface area contributed by atoms with Crippen LogP contribution in [-0.4, -0.2) is 11.0 Å². The van der Waals surface area contributed by atoms with Crippen molar-refractivity contribution in [3.63, 3.8) is 0 Å². The molecule has 0 aliphatic heterocycles. The summed E-state index contributed by atoms with van der Waals surface area (Å²) in [6, 6.07) is 16.7. The highest BCUT2D eigenvalue weighted by molar-refractivity contribution is 6.30. The Morgan fingerprint density at radius 1 is 0.900 bits per heavy atom. The van der Waals surface area contributed by atoms with Crippen molar-refractivity contribution in [3.8, 4) is 0 Å². The predicted molar refractivity (Wildman–Crippen MR) is 79.2 cm³/mol. The lowest BCUT2D eigenvalue weighted by molar-refractivity contribution is -0.109. The number of rotatable bonds is 2. The molecule has 1 N–H and O–H groups in total. The van der Waals surface area contributed by atoms with Gasteiger partial charge in [0.25, 0.3) is 0 Å². The number of anilines is 1. The van der Waals surface area contributed by atoms with E-state index in [1.807, 2.05) is 42.5 Å². The maximum Gasteiger partial charge on any atom is 0.188 e. The molecule has 0 fully saturated rings. The number of allylic oxidation sites excluding steroid dienone is 2. The Labute approximate surface area is 117 Å². The van der Waals surface area contributed by atoms with Gasteiger partial charge in [-0.05, 0) is 29.3 Å². The van der Waals surface area contributed by atoms with Gasteiger partial charge in [-0.15, -0.1) is 0 Å². The number of nitrogens with zero attached hydrogens (tertiary/aromatic N) is 1. The van der Waals surface area contributed by atoms with Gasteiger partial charge in [-0.2, -0.15) is 0 Å². The molecule has 0 radical (unpaired) electrons. The fraction of sp³-hybridized carbons (Fsp3) is 0. The molecule has 1 aliphatic carbocycles. The Kier molecular flexibility index (Phi) is 3.19. The van der Waals surface area contributed by atoms with E-state index in [2.05, 4.69) is 0 Å². The SMILES string of the molecule is O=C1C=Cc2ccccc2/C1=C\N(O)c1ccccc1. The fourth-order valence-corrected chi connectivity index (χ4v) is 2.19. The summed E-state index contributed by atoms with van der Waals surface area (Å²) in [6.45, 7) is 0. The zero-order valence-corrected chi connectivity index (χ0v) is 10.7. The van der Waals surface area contributed by atoms with Crippen molar-refractivity contribution in [1.29, 1.82) is 0 Å². The second-order valence-corrected chi connectivity index (χ2v) is 4.51. The summed E-state index contributed by atoms with van der Waals surface area (Å²) >= 11 is 0. The van der Waals surface area contributed by atoms with E-state index in [0.717, 1.165) is 16.2 Å². The molecule has 0 unspecified atom stereocenters. The smallest absolute Gasteiger partial charge is 0.188 e. The third-order valence-electron chi connectivity index (χ3n) is 3.20. The van der Waals surface area contributed by atoms with Crippen molar-refractivity contribution in [2.45, 2.75) is 0 Å². The molecule has 3 nitrogen and oxygen atoms in total. The van der Waals surface area contributed by atoms with Crippen LogP contribution in [0, 0.1) is 0 Å². The molecule has 0 bridgehead atoms. The van der Waals surface area contributed by atoms with E-state index in [9.17, 15) is 10.0 Å². The summed E-state index contributed by atoms with van der Waals surface area (Å²) in [5.74, 6) is -0.112. The minimum Gasteiger partial charge on any atom is -0.289 e. The van der Waals surface area contributed by atoms with Gasteiger partial charge in [0.1, 0.15) is 0 Å². The molecule has 1 aliphatic rings. The highest BCUT2D eigenvalue weighted by Gasteiger charge is 2.17.